The molecule has 2 heterocycles. The molecule has 1 fully saturated rings. The summed E-state index contributed by atoms with van der Waals surface area (Å²) in [6.45, 7) is 0.405. The third-order valence-electron chi connectivity index (χ3n) is 3.57. The van der Waals surface area contributed by atoms with Crippen LogP contribution in [-0.2, 0) is 0 Å². The Labute approximate surface area is 138 Å². The molecule has 0 saturated carbocycles. The van der Waals surface area contributed by atoms with Crippen LogP contribution in [0.2, 0.25) is 0 Å². The molecular formula is C14H12F3N3O3S. The highest BCUT2D eigenvalue weighted by atomic mass is 32.1. The van der Waals surface area contributed by atoms with Crippen LogP contribution >= 0.6 is 11.3 Å². The SMILES string of the molecule is O=C(O)N1CCC[C@H]1c1nnc(-c2ccccc2OC(F)(F)F)s1. The lowest BCUT2D eigenvalue weighted by Gasteiger charge is -2.18. The van der Waals surface area contributed by atoms with Gasteiger partial charge in [0.1, 0.15) is 10.8 Å². The summed E-state index contributed by atoms with van der Waals surface area (Å²) in [5.74, 6) is -0.366. The van der Waals surface area contributed by atoms with Gasteiger partial charge in [0, 0.05) is 6.54 Å². The van der Waals surface area contributed by atoms with Crippen molar-refractivity contribution in [3.63, 3.8) is 0 Å². The van der Waals surface area contributed by atoms with Crippen LogP contribution in [0.25, 0.3) is 10.6 Å². The number of carboxylic acid groups (broad SMARTS) is 1. The number of hydrogen-bond acceptors (Lipinski definition) is 5. The highest BCUT2D eigenvalue weighted by molar-refractivity contribution is 7.14. The van der Waals surface area contributed by atoms with E-state index in [0.717, 1.165) is 11.3 Å². The zero-order valence-corrected chi connectivity index (χ0v) is 13.0. The predicted octanol–water partition coefficient (Wildman–Crippen LogP) is 3.92. The highest BCUT2D eigenvalue weighted by Crippen LogP contribution is 2.39. The van der Waals surface area contributed by atoms with E-state index < -0.39 is 18.5 Å². The maximum atomic E-state index is 12.5. The zero-order chi connectivity index (χ0) is 17.3. The fourth-order valence-electron chi connectivity index (χ4n) is 2.59. The second kappa shape index (κ2) is 6.27. The molecule has 1 N–H and O–H groups in total. The van der Waals surface area contributed by atoms with Crippen molar-refractivity contribution in [3.05, 3.63) is 29.3 Å². The van der Waals surface area contributed by atoms with E-state index in [-0.39, 0.29) is 16.3 Å². The molecule has 0 bridgehead atoms. The van der Waals surface area contributed by atoms with Crippen LogP contribution in [0.4, 0.5) is 18.0 Å². The minimum absolute atomic E-state index is 0.165. The van der Waals surface area contributed by atoms with Crippen molar-refractivity contribution in [3.8, 4) is 16.3 Å². The summed E-state index contributed by atoms with van der Waals surface area (Å²) in [5, 5.41) is 17.8. The van der Waals surface area contributed by atoms with Gasteiger partial charge >= 0.3 is 12.5 Å². The summed E-state index contributed by atoms with van der Waals surface area (Å²) in [7, 11) is 0. The lowest BCUT2D eigenvalue weighted by atomic mass is 10.2. The van der Waals surface area contributed by atoms with Crippen LogP contribution in [0.3, 0.4) is 0 Å². The van der Waals surface area contributed by atoms with Crippen molar-refractivity contribution in [2.75, 3.05) is 6.54 Å². The Balaban J connectivity index is 1.90. The first-order chi connectivity index (χ1) is 11.3. The molecule has 0 aliphatic carbocycles. The van der Waals surface area contributed by atoms with Crippen LogP contribution < -0.4 is 4.74 Å². The molecule has 0 spiro atoms. The smallest absolute Gasteiger partial charge is 0.465 e. The molecule has 2 aromatic rings. The van der Waals surface area contributed by atoms with E-state index in [1.54, 1.807) is 6.07 Å². The molecule has 1 saturated heterocycles. The molecule has 1 aromatic heterocycles. The van der Waals surface area contributed by atoms with Gasteiger partial charge in [0.05, 0.1) is 11.6 Å². The third kappa shape index (κ3) is 3.42. The number of amides is 1. The molecule has 0 radical (unpaired) electrons. The predicted molar refractivity (Wildman–Crippen MR) is 78.7 cm³/mol. The highest BCUT2D eigenvalue weighted by Gasteiger charge is 2.34. The van der Waals surface area contributed by atoms with Gasteiger partial charge in [0.15, 0.2) is 5.01 Å². The number of likely N-dealkylation sites (tertiary alicyclic amines) is 1. The molecule has 1 aromatic carbocycles. The minimum Gasteiger partial charge on any atom is -0.465 e. The average Bonchev–Trinajstić information content (AvgIpc) is 3.15. The number of aromatic nitrogens is 2. The fourth-order valence-corrected chi connectivity index (χ4v) is 3.61. The fraction of sp³-hybridized carbons (Fsp3) is 0.357. The number of halogens is 3. The van der Waals surface area contributed by atoms with Crippen molar-refractivity contribution in [2.45, 2.75) is 25.2 Å². The molecule has 1 atom stereocenters. The van der Waals surface area contributed by atoms with Crippen molar-refractivity contribution in [2.24, 2.45) is 0 Å². The van der Waals surface area contributed by atoms with Crippen LogP contribution in [0.5, 0.6) is 5.75 Å². The summed E-state index contributed by atoms with van der Waals surface area (Å²) >= 11 is 1.07. The first kappa shape index (κ1) is 16.5. The standard InChI is InChI=1S/C14H12F3N3O3S/c15-14(16,17)23-10-6-2-1-4-8(10)11-18-19-12(24-11)9-5-3-7-20(9)13(21)22/h1-2,4,6,9H,3,5,7H2,(H,21,22)/t9-/m0/s1. The second-order valence-corrected chi connectivity index (χ2v) is 6.13. The van der Waals surface area contributed by atoms with Gasteiger partial charge < -0.3 is 9.84 Å². The maximum Gasteiger partial charge on any atom is 0.573 e. The maximum absolute atomic E-state index is 12.5. The Bertz CT molecular complexity index is 750. The zero-order valence-electron chi connectivity index (χ0n) is 12.2. The van der Waals surface area contributed by atoms with E-state index in [1.807, 2.05) is 0 Å². The molecule has 0 unspecified atom stereocenters. The second-order valence-electron chi connectivity index (χ2n) is 5.12. The van der Waals surface area contributed by atoms with Crippen molar-refractivity contribution in [1.82, 2.24) is 15.1 Å². The normalized spacial score (nSPS) is 18.0. The number of rotatable bonds is 3. The molecule has 3 rings (SSSR count). The Hall–Kier alpha value is -2.36. The van der Waals surface area contributed by atoms with E-state index in [4.69, 9.17) is 0 Å². The van der Waals surface area contributed by atoms with Crippen LogP contribution in [0.1, 0.15) is 23.9 Å². The first-order valence-corrected chi connectivity index (χ1v) is 7.85. The van der Waals surface area contributed by atoms with E-state index in [2.05, 4.69) is 14.9 Å². The molecule has 24 heavy (non-hydrogen) atoms. The number of benzene rings is 1. The lowest BCUT2D eigenvalue weighted by molar-refractivity contribution is -0.274. The van der Waals surface area contributed by atoms with Crippen molar-refractivity contribution in [1.29, 1.82) is 0 Å². The van der Waals surface area contributed by atoms with Gasteiger partial charge in [0.2, 0.25) is 0 Å². The number of ether oxygens (including phenoxy) is 1. The van der Waals surface area contributed by atoms with Crippen molar-refractivity contribution < 1.29 is 27.8 Å². The van der Waals surface area contributed by atoms with E-state index >= 15 is 0 Å². The van der Waals surface area contributed by atoms with E-state index in [9.17, 15) is 23.1 Å². The van der Waals surface area contributed by atoms with Gasteiger partial charge in [-0.3, -0.25) is 4.90 Å². The van der Waals surface area contributed by atoms with Gasteiger partial charge in [-0.2, -0.15) is 0 Å². The van der Waals surface area contributed by atoms with Gasteiger partial charge in [-0.15, -0.1) is 23.4 Å². The Morgan fingerprint density at radius 1 is 1.33 bits per heavy atom. The summed E-state index contributed by atoms with van der Waals surface area (Å²) in [4.78, 5) is 12.5. The van der Waals surface area contributed by atoms with E-state index in [1.165, 1.54) is 23.1 Å². The Morgan fingerprint density at radius 2 is 2.08 bits per heavy atom. The molecule has 6 nitrogen and oxygen atoms in total. The lowest BCUT2D eigenvalue weighted by Crippen LogP contribution is -2.28. The summed E-state index contributed by atoms with van der Waals surface area (Å²) in [5.41, 5.74) is 0.165. The molecule has 1 aliphatic rings. The Kier molecular flexibility index (Phi) is 4.31. The van der Waals surface area contributed by atoms with Gasteiger partial charge in [-0.25, -0.2) is 4.79 Å². The third-order valence-corrected chi connectivity index (χ3v) is 4.63. The number of carbonyl (C=O) groups is 1. The molecular weight excluding hydrogens is 347 g/mol. The van der Waals surface area contributed by atoms with Gasteiger partial charge in [0.25, 0.3) is 0 Å². The van der Waals surface area contributed by atoms with E-state index in [0.29, 0.717) is 24.4 Å². The molecule has 1 amide bonds. The number of nitrogens with zero attached hydrogens (tertiary/aromatic N) is 3. The van der Waals surface area contributed by atoms with Crippen LogP contribution in [0, 0.1) is 0 Å². The topological polar surface area (TPSA) is 75.5 Å². The number of para-hydroxylation sites is 1. The average molecular weight is 359 g/mol. The number of hydrogen-bond donors (Lipinski definition) is 1. The summed E-state index contributed by atoms with van der Waals surface area (Å²) in [6, 6.07) is 5.23. The molecule has 128 valence electrons. The molecule has 1 aliphatic heterocycles. The monoisotopic (exact) mass is 359 g/mol. The summed E-state index contributed by atoms with van der Waals surface area (Å²) in [6.07, 6.45) is -4.54. The Morgan fingerprint density at radius 3 is 2.79 bits per heavy atom. The first-order valence-electron chi connectivity index (χ1n) is 7.03. The quantitative estimate of drug-likeness (QED) is 0.899. The van der Waals surface area contributed by atoms with Crippen molar-refractivity contribution >= 4 is 17.4 Å². The number of alkyl halides is 3. The molecule has 10 heteroatoms. The van der Waals surface area contributed by atoms with Gasteiger partial charge in [-0.1, -0.05) is 23.5 Å². The van der Waals surface area contributed by atoms with Crippen LogP contribution in [-0.4, -0.2) is 39.2 Å². The minimum atomic E-state index is -4.81. The summed E-state index contributed by atoms with van der Waals surface area (Å²) < 4.78 is 41.5. The van der Waals surface area contributed by atoms with Crippen LogP contribution in [0.15, 0.2) is 24.3 Å². The van der Waals surface area contributed by atoms with Gasteiger partial charge in [-0.05, 0) is 25.0 Å². The largest absolute Gasteiger partial charge is 0.573 e.